The summed E-state index contributed by atoms with van der Waals surface area (Å²) in [5.74, 6) is 0.00954. The van der Waals surface area contributed by atoms with Crippen molar-refractivity contribution in [3.05, 3.63) is 83.6 Å². The van der Waals surface area contributed by atoms with Gasteiger partial charge in [0, 0.05) is 25.1 Å². The monoisotopic (exact) mass is 589 g/mol. The Morgan fingerprint density at radius 3 is 2.23 bits per heavy atom. The molecule has 1 aliphatic rings. The number of ketones is 1. The SMILES string of the molecule is COc1cc(C(=O)CC[C@H]2CCCCN2/C(=N/C(=O)OCc2ccccc2)NC(=O)OCc2ccccc2)nc(OC)n1. The minimum atomic E-state index is -0.859. The zero-order valence-electron chi connectivity index (χ0n) is 24.2. The van der Waals surface area contributed by atoms with Gasteiger partial charge in [0.2, 0.25) is 11.8 Å². The molecule has 2 heterocycles. The number of amides is 2. The number of hydrogen-bond donors (Lipinski definition) is 1. The molecule has 2 amide bonds. The number of rotatable bonds is 10. The summed E-state index contributed by atoms with van der Waals surface area (Å²) in [5.41, 5.74) is 1.79. The third-order valence-corrected chi connectivity index (χ3v) is 6.79. The lowest BCUT2D eigenvalue weighted by molar-refractivity contribution is 0.0955. The van der Waals surface area contributed by atoms with Gasteiger partial charge in [0.25, 0.3) is 0 Å². The lowest BCUT2D eigenvalue weighted by Gasteiger charge is -2.37. The molecule has 1 aromatic heterocycles. The number of piperidine rings is 1. The predicted octanol–water partition coefficient (Wildman–Crippen LogP) is 4.93. The predicted molar refractivity (Wildman–Crippen MR) is 157 cm³/mol. The summed E-state index contributed by atoms with van der Waals surface area (Å²) in [5, 5.41) is 2.64. The molecule has 226 valence electrons. The highest BCUT2D eigenvalue weighted by Gasteiger charge is 2.29. The number of methoxy groups -OCH3 is 2. The lowest BCUT2D eigenvalue weighted by atomic mass is 9.96. The Bertz CT molecular complexity index is 1380. The second-order valence-electron chi connectivity index (χ2n) is 9.75. The van der Waals surface area contributed by atoms with Crippen LogP contribution in [0, 0.1) is 0 Å². The van der Waals surface area contributed by atoms with Gasteiger partial charge in [0.1, 0.15) is 18.9 Å². The molecule has 1 aliphatic heterocycles. The highest BCUT2D eigenvalue weighted by Crippen LogP contribution is 2.23. The Balaban J connectivity index is 1.47. The van der Waals surface area contributed by atoms with Gasteiger partial charge in [0.15, 0.2) is 5.78 Å². The van der Waals surface area contributed by atoms with E-state index in [-0.39, 0.29) is 55.0 Å². The zero-order chi connectivity index (χ0) is 30.4. The summed E-state index contributed by atoms with van der Waals surface area (Å²) in [4.78, 5) is 52.8. The van der Waals surface area contributed by atoms with Crippen LogP contribution in [0.1, 0.15) is 53.7 Å². The molecule has 12 heteroatoms. The van der Waals surface area contributed by atoms with E-state index >= 15 is 0 Å². The Morgan fingerprint density at radius 1 is 0.907 bits per heavy atom. The molecule has 1 atom stereocenters. The fourth-order valence-electron chi connectivity index (χ4n) is 4.60. The van der Waals surface area contributed by atoms with Gasteiger partial charge in [-0.1, -0.05) is 60.7 Å². The van der Waals surface area contributed by atoms with Crippen LogP contribution >= 0.6 is 0 Å². The average Bonchev–Trinajstić information content (AvgIpc) is 3.05. The van der Waals surface area contributed by atoms with E-state index < -0.39 is 12.2 Å². The molecule has 1 saturated heterocycles. The van der Waals surface area contributed by atoms with Gasteiger partial charge in [-0.25, -0.2) is 9.59 Å². The number of Topliss-reactive ketones (excluding diaryl/α,β-unsaturated/α-hetero) is 1. The molecule has 0 spiro atoms. The first-order valence-electron chi connectivity index (χ1n) is 14.0. The molecule has 4 rings (SSSR count). The molecule has 12 nitrogen and oxygen atoms in total. The molecular formula is C31H35N5O7. The van der Waals surface area contributed by atoms with E-state index in [1.165, 1.54) is 20.3 Å². The van der Waals surface area contributed by atoms with Crippen molar-refractivity contribution in [3.63, 3.8) is 0 Å². The highest BCUT2D eigenvalue weighted by molar-refractivity contribution is 5.99. The molecule has 1 N–H and O–H groups in total. The summed E-state index contributed by atoms with van der Waals surface area (Å²) >= 11 is 0. The molecule has 0 aliphatic carbocycles. The van der Waals surface area contributed by atoms with Crippen LogP contribution in [0.2, 0.25) is 0 Å². The van der Waals surface area contributed by atoms with Crippen molar-refractivity contribution in [1.82, 2.24) is 20.2 Å². The summed E-state index contributed by atoms with van der Waals surface area (Å²) in [6, 6.07) is 19.7. The smallest absolute Gasteiger partial charge is 0.437 e. The highest BCUT2D eigenvalue weighted by atomic mass is 16.6. The first-order valence-corrected chi connectivity index (χ1v) is 14.0. The molecule has 2 aromatic carbocycles. The maximum Gasteiger partial charge on any atom is 0.437 e. The fourth-order valence-corrected chi connectivity index (χ4v) is 4.60. The van der Waals surface area contributed by atoms with Gasteiger partial charge in [-0.3, -0.25) is 10.1 Å². The van der Waals surface area contributed by atoms with Crippen molar-refractivity contribution in [2.45, 2.75) is 51.4 Å². The second kappa shape index (κ2) is 15.9. The molecular weight excluding hydrogens is 554 g/mol. The summed E-state index contributed by atoms with van der Waals surface area (Å²) in [6.07, 6.45) is 1.39. The van der Waals surface area contributed by atoms with E-state index in [0.29, 0.717) is 13.0 Å². The third kappa shape index (κ3) is 9.52. The number of carbonyl (C=O) groups excluding carboxylic acids is 3. The van der Waals surface area contributed by atoms with Gasteiger partial charge >= 0.3 is 18.2 Å². The van der Waals surface area contributed by atoms with Gasteiger partial charge in [-0.05, 0) is 36.8 Å². The second-order valence-corrected chi connectivity index (χ2v) is 9.75. The van der Waals surface area contributed by atoms with Crippen LogP contribution < -0.4 is 14.8 Å². The molecule has 0 unspecified atom stereocenters. The van der Waals surface area contributed by atoms with E-state index in [0.717, 1.165) is 30.4 Å². The first-order chi connectivity index (χ1) is 20.9. The Kier molecular flexibility index (Phi) is 11.4. The number of nitrogens with one attached hydrogen (secondary N) is 1. The molecule has 0 bridgehead atoms. The Morgan fingerprint density at radius 2 is 1.58 bits per heavy atom. The number of benzene rings is 2. The maximum atomic E-state index is 13.1. The minimum absolute atomic E-state index is 0.0126. The summed E-state index contributed by atoms with van der Waals surface area (Å²) < 4.78 is 21.0. The average molecular weight is 590 g/mol. The summed E-state index contributed by atoms with van der Waals surface area (Å²) in [7, 11) is 2.85. The van der Waals surface area contributed by atoms with Crippen LogP contribution in [0.3, 0.4) is 0 Å². The van der Waals surface area contributed by atoms with E-state index in [9.17, 15) is 14.4 Å². The van der Waals surface area contributed by atoms with E-state index in [4.69, 9.17) is 18.9 Å². The lowest BCUT2D eigenvalue weighted by Crippen LogP contribution is -2.51. The number of guanidine groups is 1. The minimum Gasteiger partial charge on any atom is -0.481 e. The molecule has 43 heavy (non-hydrogen) atoms. The number of aromatic nitrogens is 2. The normalized spacial score (nSPS) is 14.9. The van der Waals surface area contributed by atoms with Crippen LogP contribution in [0.15, 0.2) is 71.7 Å². The van der Waals surface area contributed by atoms with E-state index in [2.05, 4.69) is 20.3 Å². The number of likely N-dealkylation sites (tertiary alicyclic amines) is 1. The number of ether oxygens (including phenoxy) is 4. The summed E-state index contributed by atoms with van der Waals surface area (Å²) in [6.45, 7) is 0.582. The largest absolute Gasteiger partial charge is 0.481 e. The molecule has 0 radical (unpaired) electrons. The van der Waals surface area contributed by atoms with Crippen molar-refractivity contribution in [2.75, 3.05) is 20.8 Å². The number of aliphatic imine (C=N–C) groups is 1. The van der Waals surface area contributed by atoms with Crippen LogP contribution in [-0.2, 0) is 22.7 Å². The topological polar surface area (TPSA) is 142 Å². The standard InChI is InChI=1S/C31H35N5O7/c1-40-27-19-25(32-29(33-27)41-2)26(37)17-16-24-15-9-10-18-36(24)28(34-30(38)42-20-22-11-5-3-6-12-22)35-31(39)43-21-23-13-7-4-8-14-23/h3-8,11-14,19,24H,9-10,15-18,20-21H2,1-2H3,(H,34,35,38,39)/t24-/m1/s1. The van der Waals surface area contributed by atoms with Crippen molar-refractivity contribution in [1.29, 1.82) is 0 Å². The zero-order valence-corrected chi connectivity index (χ0v) is 24.2. The Labute approximate surface area is 250 Å². The maximum absolute atomic E-state index is 13.1. The van der Waals surface area contributed by atoms with Gasteiger partial charge in [-0.15, -0.1) is 4.99 Å². The molecule has 1 fully saturated rings. The number of carbonyl (C=O) groups is 3. The van der Waals surface area contributed by atoms with Crippen molar-refractivity contribution < 1.29 is 33.3 Å². The van der Waals surface area contributed by atoms with Crippen molar-refractivity contribution >= 4 is 23.9 Å². The van der Waals surface area contributed by atoms with Crippen molar-refractivity contribution in [2.24, 2.45) is 4.99 Å². The van der Waals surface area contributed by atoms with Crippen LogP contribution in [0.4, 0.5) is 9.59 Å². The third-order valence-electron chi connectivity index (χ3n) is 6.79. The fraction of sp³-hybridized carbons (Fsp3) is 0.355. The number of hydrogen-bond acceptors (Lipinski definition) is 9. The van der Waals surface area contributed by atoms with Crippen LogP contribution in [0.5, 0.6) is 11.9 Å². The number of nitrogens with zero attached hydrogens (tertiary/aromatic N) is 4. The Hall–Kier alpha value is -5.00. The van der Waals surface area contributed by atoms with Crippen molar-refractivity contribution in [3.8, 4) is 11.9 Å². The molecule has 0 saturated carbocycles. The van der Waals surface area contributed by atoms with E-state index in [1.807, 2.05) is 65.6 Å². The van der Waals surface area contributed by atoms with Gasteiger partial charge in [0.05, 0.1) is 14.2 Å². The van der Waals surface area contributed by atoms with Gasteiger partial charge < -0.3 is 23.8 Å². The van der Waals surface area contributed by atoms with Crippen LogP contribution in [-0.4, -0.2) is 65.6 Å². The van der Waals surface area contributed by atoms with E-state index in [1.54, 1.807) is 0 Å². The number of alkyl carbamates (subject to hydrolysis) is 1. The quantitative estimate of drug-likeness (QED) is 0.197. The first kappa shape index (κ1) is 30.9. The van der Waals surface area contributed by atoms with Gasteiger partial charge in [-0.2, -0.15) is 9.97 Å². The van der Waals surface area contributed by atoms with Crippen LogP contribution in [0.25, 0.3) is 0 Å². The molecule has 3 aromatic rings.